The van der Waals surface area contributed by atoms with Crippen LogP contribution in [0, 0.1) is 0 Å². The Kier molecular flexibility index (Phi) is 3.16. The molecule has 3 aliphatic heterocycles. The molecule has 2 fully saturated rings. The van der Waals surface area contributed by atoms with Gasteiger partial charge in [-0.25, -0.2) is 9.59 Å². The van der Waals surface area contributed by atoms with Gasteiger partial charge in [-0.15, -0.1) is 0 Å². The molecule has 0 unspecified atom stereocenters. The van der Waals surface area contributed by atoms with Gasteiger partial charge in [0.2, 0.25) is 0 Å². The van der Waals surface area contributed by atoms with Crippen molar-refractivity contribution in [2.75, 3.05) is 18.0 Å². The Bertz CT molecular complexity index is 644. The molecule has 3 heterocycles. The summed E-state index contributed by atoms with van der Waals surface area (Å²) in [4.78, 5) is 25.8. The minimum Gasteiger partial charge on any atom is -0.400 e. The first kappa shape index (κ1) is 14.3. The molecule has 0 aliphatic carbocycles. The summed E-state index contributed by atoms with van der Waals surface area (Å²) in [5.41, 5.74) is 0.737. The highest BCUT2D eigenvalue weighted by molar-refractivity contribution is 5.94. The first-order chi connectivity index (χ1) is 11.1. The van der Waals surface area contributed by atoms with Gasteiger partial charge in [0.05, 0.1) is 12.0 Å². The second-order valence-corrected chi connectivity index (χ2v) is 6.21. The van der Waals surface area contributed by atoms with E-state index in [1.807, 2.05) is 35.2 Å². The Hall–Kier alpha value is -2.34. The Morgan fingerprint density at radius 2 is 1.57 bits per heavy atom. The van der Waals surface area contributed by atoms with Crippen LogP contribution in [-0.4, -0.2) is 36.5 Å². The van der Waals surface area contributed by atoms with Crippen molar-refractivity contribution in [1.82, 2.24) is 5.32 Å². The summed E-state index contributed by atoms with van der Waals surface area (Å²) >= 11 is 0. The minimum absolute atomic E-state index is 0.155. The topological polar surface area (TPSA) is 67.9 Å². The zero-order valence-electron chi connectivity index (χ0n) is 12.7. The fraction of sp³-hybridized carbons (Fsp3) is 0.412. The highest BCUT2D eigenvalue weighted by Gasteiger charge is 2.67. The molecule has 0 radical (unpaired) electrons. The maximum absolute atomic E-state index is 11.9. The molecule has 0 aromatic heterocycles. The number of para-hydroxylation sites is 1. The van der Waals surface area contributed by atoms with E-state index >= 15 is 0 Å². The lowest BCUT2D eigenvalue weighted by atomic mass is 9.73. The van der Waals surface area contributed by atoms with E-state index in [2.05, 4.69) is 5.32 Å². The lowest BCUT2D eigenvalue weighted by Crippen LogP contribution is -2.78. The maximum Gasteiger partial charge on any atom is 0.345 e. The molecule has 0 bridgehead atoms. The number of rotatable bonds is 1. The zero-order valence-corrected chi connectivity index (χ0v) is 12.7. The monoisotopic (exact) mass is 314 g/mol. The van der Waals surface area contributed by atoms with Gasteiger partial charge in [0.1, 0.15) is 0 Å². The van der Waals surface area contributed by atoms with Crippen LogP contribution in [0.3, 0.4) is 0 Å². The summed E-state index contributed by atoms with van der Waals surface area (Å²) < 4.78 is 11.1. The summed E-state index contributed by atoms with van der Waals surface area (Å²) in [7, 11) is 0. The Balaban J connectivity index is 1.75. The largest absolute Gasteiger partial charge is 0.400 e. The second kappa shape index (κ2) is 5.09. The predicted octanol–water partition coefficient (Wildman–Crippen LogP) is 1.33. The van der Waals surface area contributed by atoms with Crippen LogP contribution in [0.25, 0.3) is 0 Å². The van der Waals surface area contributed by atoms with E-state index in [1.165, 1.54) is 0 Å². The van der Waals surface area contributed by atoms with Gasteiger partial charge in [0, 0.05) is 17.8 Å². The van der Waals surface area contributed by atoms with Crippen molar-refractivity contribution < 1.29 is 19.1 Å². The smallest absolute Gasteiger partial charge is 0.345 e. The quantitative estimate of drug-likeness (QED) is 0.789. The number of piperidine rings is 1. The van der Waals surface area contributed by atoms with E-state index in [4.69, 9.17) is 9.47 Å². The molecule has 0 saturated carbocycles. The van der Waals surface area contributed by atoms with Crippen molar-refractivity contribution in [1.29, 1.82) is 0 Å². The number of esters is 2. The van der Waals surface area contributed by atoms with Gasteiger partial charge in [-0.3, -0.25) is 4.90 Å². The molecule has 2 saturated heterocycles. The van der Waals surface area contributed by atoms with E-state index in [0.717, 1.165) is 43.8 Å². The van der Waals surface area contributed by atoms with Crippen molar-refractivity contribution in [2.24, 2.45) is 0 Å². The molecule has 6 nitrogen and oxygen atoms in total. The number of ether oxygens (including phenoxy) is 2. The van der Waals surface area contributed by atoms with E-state index in [9.17, 15) is 9.59 Å². The average molecular weight is 314 g/mol. The van der Waals surface area contributed by atoms with Crippen LogP contribution in [0.4, 0.5) is 5.69 Å². The summed E-state index contributed by atoms with van der Waals surface area (Å²) in [6, 6.07) is 9.68. The fourth-order valence-corrected chi connectivity index (χ4v) is 3.89. The number of hydrogen-bond acceptors (Lipinski definition) is 6. The molecule has 0 atom stereocenters. The molecule has 4 rings (SSSR count). The number of carbonyl (C=O) groups excluding carboxylic acids is 2. The molecular formula is C17H18N2O4. The van der Waals surface area contributed by atoms with Crippen LogP contribution in [0.2, 0.25) is 0 Å². The van der Waals surface area contributed by atoms with Crippen LogP contribution in [0.15, 0.2) is 42.5 Å². The first-order valence-corrected chi connectivity index (χ1v) is 7.84. The summed E-state index contributed by atoms with van der Waals surface area (Å²) in [6.07, 6.45) is 4.55. The van der Waals surface area contributed by atoms with Crippen LogP contribution in [0.5, 0.6) is 0 Å². The van der Waals surface area contributed by atoms with Crippen molar-refractivity contribution in [3.8, 4) is 0 Å². The standard InChI is InChI=1S/C17H18N2O4/c20-14-6-7-15(21)23-17(22-14)12-16(8-10-18-11-9-16)19(17)13-4-2-1-3-5-13/h1-7,18H,8-12H2. The van der Waals surface area contributed by atoms with E-state index in [-0.39, 0.29) is 5.54 Å². The number of nitrogens with one attached hydrogen (secondary N) is 1. The SMILES string of the molecule is O=C1C=CC(=O)OC2(CC3(CCNCC3)N2c2ccccc2)O1. The highest BCUT2D eigenvalue weighted by Crippen LogP contribution is 2.54. The van der Waals surface area contributed by atoms with Gasteiger partial charge in [0.15, 0.2) is 0 Å². The molecule has 1 aromatic carbocycles. The number of hydrogen-bond donors (Lipinski definition) is 1. The Morgan fingerprint density at radius 3 is 2.17 bits per heavy atom. The highest BCUT2D eigenvalue weighted by atomic mass is 16.8. The number of carbonyl (C=O) groups is 2. The molecule has 0 amide bonds. The van der Waals surface area contributed by atoms with Gasteiger partial charge < -0.3 is 14.8 Å². The predicted molar refractivity (Wildman–Crippen MR) is 82.4 cm³/mol. The van der Waals surface area contributed by atoms with Crippen molar-refractivity contribution in [3.05, 3.63) is 42.5 Å². The molecule has 3 aliphatic rings. The van der Waals surface area contributed by atoms with Crippen LogP contribution in [-0.2, 0) is 19.1 Å². The summed E-state index contributed by atoms with van der Waals surface area (Å²) in [5, 5.41) is 3.35. The Labute approximate surface area is 134 Å². The van der Waals surface area contributed by atoms with Crippen molar-refractivity contribution >= 4 is 17.6 Å². The molecule has 23 heavy (non-hydrogen) atoms. The summed E-state index contributed by atoms with van der Waals surface area (Å²) in [6.45, 7) is 1.78. The Morgan fingerprint density at radius 1 is 0.957 bits per heavy atom. The van der Waals surface area contributed by atoms with Gasteiger partial charge >= 0.3 is 17.8 Å². The third kappa shape index (κ3) is 2.21. The molecule has 1 N–H and O–H groups in total. The van der Waals surface area contributed by atoms with E-state index in [1.54, 1.807) is 0 Å². The maximum atomic E-state index is 11.9. The van der Waals surface area contributed by atoms with Crippen LogP contribution in [0.1, 0.15) is 19.3 Å². The average Bonchev–Trinajstić information content (AvgIpc) is 2.68. The third-order valence-electron chi connectivity index (χ3n) is 4.79. The minimum atomic E-state index is -1.34. The molecule has 2 spiro atoms. The molecule has 120 valence electrons. The second-order valence-electron chi connectivity index (χ2n) is 6.21. The van der Waals surface area contributed by atoms with Gasteiger partial charge in [-0.1, -0.05) is 18.2 Å². The number of nitrogens with zero attached hydrogens (tertiary/aromatic N) is 1. The van der Waals surface area contributed by atoms with Crippen LogP contribution < -0.4 is 10.2 Å². The summed E-state index contributed by atoms with van der Waals surface area (Å²) in [5.74, 6) is -2.45. The molecule has 1 aromatic rings. The first-order valence-electron chi connectivity index (χ1n) is 7.84. The molecular weight excluding hydrogens is 296 g/mol. The zero-order chi connectivity index (χ0) is 15.9. The van der Waals surface area contributed by atoms with E-state index in [0.29, 0.717) is 6.42 Å². The third-order valence-corrected chi connectivity index (χ3v) is 4.79. The van der Waals surface area contributed by atoms with Gasteiger partial charge in [-0.2, -0.15) is 0 Å². The molecule has 6 heteroatoms. The van der Waals surface area contributed by atoms with Crippen LogP contribution >= 0.6 is 0 Å². The lowest BCUT2D eigenvalue weighted by molar-refractivity contribution is -0.265. The fourth-order valence-electron chi connectivity index (χ4n) is 3.89. The lowest BCUT2D eigenvalue weighted by Gasteiger charge is -2.64. The van der Waals surface area contributed by atoms with Crippen molar-refractivity contribution in [2.45, 2.75) is 30.7 Å². The van der Waals surface area contributed by atoms with E-state index < -0.39 is 17.8 Å². The number of anilines is 1. The van der Waals surface area contributed by atoms with Gasteiger partial charge in [0.25, 0.3) is 0 Å². The van der Waals surface area contributed by atoms with Crippen molar-refractivity contribution in [3.63, 3.8) is 0 Å². The number of benzene rings is 1. The van der Waals surface area contributed by atoms with Gasteiger partial charge in [-0.05, 0) is 38.1 Å². The normalized spacial score (nSPS) is 24.8.